The average Bonchev–Trinajstić information content (AvgIpc) is 2.48. The Morgan fingerprint density at radius 3 is 2.52 bits per heavy atom. The van der Waals surface area contributed by atoms with Gasteiger partial charge in [0.25, 0.3) is 5.91 Å². The molecule has 0 aliphatic heterocycles. The number of halogens is 1. The Kier molecular flexibility index (Phi) is 5.55. The van der Waals surface area contributed by atoms with Gasteiger partial charge in [0.1, 0.15) is 5.69 Å². The van der Waals surface area contributed by atoms with Crippen LogP contribution in [0.4, 0.5) is 5.95 Å². The van der Waals surface area contributed by atoms with Crippen molar-refractivity contribution in [2.45, 2.75) is 32.7 Å². The second-order valence-corrected chi connectivity index (χ2v) is 6.71. The van der Waals surface area contributed by atoms with Crippen molar-refractivity contribution in [2.75, 3.05) is 11.9 Å². The molecule has 0 fully saturated rings. The highest BCUT2D eigenvalue weighted by molar-refractivity contribution is 6.30. The molecule has 0 saturated carbocycles. The van der Waals surface area contributed by atoms with Crippen LogP contribution in [0.15, 0.2) is 36.5 Å². The lowest BCUT2D eigenvalue weighted by Crippen LogP contribution is -2.41. The molecule has 2 N–H and O–H groups in total. The number of hydrogen-bond donors (Lipinski definition) is 2. The van der Waals surface area contributed by atoms with Crippen LogP contribution in [0.2, 0.25) is 5.02 Å². The molecule has 1 aromatic carbocycles. The van der Waals surface area contributed by atoms with E-state index in [9.17, 15) is 4.79 Å². The highest BCUT2D eigenvalue weighted by Crippen LogP contribution is 2.10. The van der Waals surface area contributed by atoms with Crippen LogP contribution in [-0.4, -0.2) is 28.0 Å². The Hall–Kier alpha value is -2.14. The summed E-state index contributed by atoms with van der Waals surface area (Å²) in [6, 6.07) is 9.30. The van der Waals surface area contributed by atoms with Crippen molar-refractivity contribution >= 4 is 23.5 Å². The van der Waals surface area contributed by atoms with Crippen LogP contribution in [0, 0.1) is 0 Å². The minimum Gasteiger partial charge on any atom is -0.354 e. The molecular weight excluding hydrogens is 312 g/mol. The molecule has 2 aromatic rings. The molecule has 1 heterocycles. The Labute approximate surface area is 141 Å². The second kappa shape index (κ2) is 7.42. The molecule has 0 spiro atoms. The van der Waals surface area contributed by atoms with E-state index in [0.717, 1.165) is 11.4 Å². The van der Waals surface area contributed by atoms with E-state index in [1.165, 1.54) is 5.56 Å². The maximum absolute atomic E-state index is 12.1. The number of aromatic nitrogens is 2. The van der Waals surface area contributed by atoms with Gasteiger partial charge in [-0.1, -0.05) is 23.7 Å². The van der Waals surface area contributed by atoms with Gasteiger partial charge in [0.05, 0.1) is 0 Å². The summed E-state index contributed by atoms with van der Waals surface area (Å²) >= 11 is 5.86. The van der Waals surface area contributed by atoms with E-state index in [0.29, 0.717) is 18.2 Å². The molecule has 122 valence electrons. The highest BCUT2D eigenvalue weighted by Gasteiger charge is 2.16. The number of nitrogens with zero attached hydrogens (tertiary/aromatic N) is 2. The zero-order chi connectivity index (χ0) is 16.9. The summed E-state index contributed by atoms with van der Waals surface area (Å²) in [4.78, 5) is 20.5. The Morgan fingerprint density at radius 1 is 1.17 bits per heavy atom. The van der Waals surface area contributed by atoms with Gasteiger partial charge in [0.15, 0.2) is 0 Å². The van der Waals surface area contributed by atoms with Crippen LogP contribution in [0.5, 0.6) is 0 Å². The molecule has 5 nitrogen and oxygen atoms in total. The lowest BCUT2D eigenvalue weighted by atomic mass is 10.1. The molecule has 0 radical (unpaired) electrons. The van der Waals surface area contributed by atoms with Crippen molar-refractivity contribution < 1.29 is 4.79 Å². The van der Waals surface area contributed by atoms with Gasteiger partial charge in [0, 0.05) is 23.3 Å². The topological polar surface area (TPSA) is 66.9 Å². The first-order valence-electron chi connectivity index (χ1n) is 7.47. The minimum atomic E-state index is -0.301. The lowest BCUT2D eigenvalue weighted by molar-refractivity contribution is 0.0914. The predicted octanol–water partition coefficient (Wildman–Crippen LogP) is 3.31. The monoisotopic (exact) mass is 332 g/mol. The number of benzene rings is 1. The van der Waals surface area contributed by atoms with Gasteiger partial charge in [-0.25, -0.2) is 9.97 Å². The molecule has 0 saturated heterocycles. The molecule has 23 heavy (non-hydrogen) atoms. The number of anilines is 1. The van der Waals surface area contributed by atoms with E-state index in [-0.39, 0.29) is 11.4 Å². The molecule has 6 heteroatoms. The maximum Gasteiger partial charge on any atom is 0.270 e. The first-order chi connectivity index (χ1) is 10.8. The number of nitrogens with one attached hydrogen (secondary N) is 2. The van der Waals surface area contributed by atoms with E-state index >= 15 is 0 Å². The molecule has 2 rings (SSSR count). The number of rotatable bonds is 5. The van der Waals surface area contributed by atoms with Crippen LogP contribution >= 0.6 is 11.6 Å². The lowest BCUT2D eigenvalue weighted by Gasteiger charge is -2.20. The minimum absolute atomic E-state index is 0.208. The SMILES string of the molecule is CC(C)(C)NC(=O)c1ccnc(NCCc2ccc(Cl)cc2)n1. The van der Waals surface area contributed by atoms with Gasteiger partial charge in [-0.15, -0.1) is 0 Å². The molecule has 0 bridgehead atoms. The highest BCUT2D eigenvalue weighted by atomic mass is 35.5. The number of hydrogen-bond acceptors (Lipinski definition) is 4. The Morgan fingerprint density at radius 2 is 1.87 bits per heavy atom. The number of amides is 1. The molecule has 1 aromatic heterocycles. The van der Waals surface area contributed by atoms with Gasteiger partial charge in [0.2, 0.25) is 5.95 Å². The zero-order valence-electron chi connectivity index (χ0n) is 13.6. The average molecular weight is 333 g/mol. The molecule has 0 aliphatic carbocycles. The smallest absolute Gasteiger partial charge is 0.270 e. The Bertz CT molecular complexity index is 665. The van der Waals surface area contributed by atoms with Crippen LogP contribution in [0.1, 0.15) is 36.8 Å². The van der Waals surface area contributed by atoms with E-state index in [1.807, 2.05) is 45.0 Å². The summed E-state index contributed by atoms with van der Waals surface area (Å²) < 4.78 is 0. The molecule has 0 aliphatic rings. The number of carbonyl (C=O) groups is 1. The fourth-order valence-electron chi connectivity index (χ4n) is 1.94. The maximum atomic E-state index is 12.1. The summed E-state index contributed by atoms with van der Waals surface area (Å²) in [5.74, 6) is 0.237. The van der Waals surface area contributed by atoms with Crippen LogP contribution < -0.4 is 10.6 Å². The number of carbonyl (C=O) groups excluding carboxylic acids is 1. The van der Waals surface area contributed by atoms with E-state index < -0.39 is 0 Å². The fourth-order valence-corrected chi connectivity index (χ4v) is 2.07. The Balaban J connectivity index is 1.92. The zero-order valence-corrected chi connectivity index (χ0v) is 14.3. The van der Waals surface area contributed by atoms with Gasteiger partial charge in [-0.3, -0.25) is 4.79 Å². The quantitative estimate of drug-likeness (QED) is 0.881. The van der Waals surface area contributed by atoms with Crippen molar-refractivity contribution in [1.29, 1.82) is 0 Å². The first-order valence-corrected chi connectivity index (χ1v) is 7.85. The third-order valence-electron chi connectivity index (χ3n) is 2.99. The molecule has 1 amide bonds. The van der Waals surface area contributed by atoms with E-state index in [1.54, 1.807) is 12.3 Å². The van der Waals surface area contributed by atoms with Crippen LogP contribution in [-0.2, 0) is 6.42 Å². The van der Waals surface area contributed by atoms with Crippen LogP contribution in [0.3, 0.4) is 0 Å². The van der Waals surface area contributed by atoms with Gasteiger partial charge in [-0.05, 0) is 51.0 Å². The molecule has 0 unspecified atom stereocenters. The van der Waals surface area contributed by atoms with E-state index in [4.69, 9.17) is 11.6 Å². The standard InChI is InChI=1S/C17H21ClN4O/c1-17(2,3)22-15(23)14-9-11-20-16(21-14)19-10-8-12-4-6-13(18)7-5-12/h4-7,9,11H,8,10H2,1-3H3,(H,22,23)(H,19,20,21). The molecular formula is C17H21ClN4O. The van der Waals surface area contributed by atoms with Crippen molar-refractivity contribution in [3.05, 3.63) is 52.8 Å². The fraction of sp³-hybridized carbons (Fsp3) is 0.353. The van der Waals surface area contributed by atoms with E-state index in [2.05, 4.69) is 20.6 Å². The van der Waals surface area contributed by atoms with Gasteiger partial charge >= 0.3 is 0 Å². The largest absolute Gasteiger partial charge is 0.354 e. The van der Waals surface area contributed by atoms with Crippen LogP contribution in [0.25, 0.3) is 0 Å². The van der Waals surface area contributed by atoms with Crippen molar-refractivity contribution in [1.82, 2.24) is 15.3 Å². The normalized spacial score (nSPS) is 11.1. The summed E-state index contributed by atoms with van der Waals surface area (Å²) in [6.45, 7) is 6.46. The third-order valence-corrected chi connectivity index (χ3v) is 3.24. The second-order valence-electron chi connectivity index (χ2n) is 6.27. The summed E-state index contributed by atoms with van der Waals surface area (Å²) in [5, 5.41) is 6.74. The van der Waals surface area contributed by atoms with Gasteiger partial charge in [-0.2, -0.15) is 0 Å². The van der Waals surface area contributed by atoms with Crippen molar-refractivity contribution in [3.8, 4) is 0 Å². The third kappa shape index (κ3) is 5.87. The first kappa shape index (κ1) is 17.2. The van der Waals surface area contributed by atoms with Crippen molar-refractivity contribution in [2.24, 2.45) is 0 Å². The summed E-state index contributed by atoms with van der Waals surface area (Å²) in [7, 11) is 0. The summed E-state index contributed by atoms with van der Waals surface area (Å²) in [6.07, 6.45) is 2.40. The van der Waals surface area contributed by atoms with Gasteiger partial charge < -0.3 is 10.6 Å². The van der Waals surface area contributed by atoms with Crippen molar-refractivity contribution in [3.63, 3.8) is 0 Å². The molecule has 0 atom stereocenters. The predicted molar refractivity (Wildman–Crippen MR) is 92.9 cm³/mol. The summed E-state index contributed by atoms with van der Waals surface area (Å²) in [5.41, 5.74) is 1.22.